The summed E-state index contributed by atoms with van der Waals surface area (Å²) in [7, 11) is 3.95. The molecule has 0 radical (unpaired) electrons. The zero-order chi connectivity index (χ0) is 15.2. The molecule has 0 heterocycles. The third-order valence-corrected chi connectivity index (χ3v) is 4.17. The summed E-state index contributed by atoms with van der Waals surface area (Å²) in [5, 5.41) is 0. The van der Waals surface area contributed by atoms with Crippen LogP contribution in [0.4, 0.5) is 11.4 Å². The molecule has 0 fully saturated rings. The van der Waals surface area contributed by atoms with Crippen molar-refractivity contribution in [3.05, 3.63) is 60.7 Å². The van der Waals surface area contributed by atoms with E-state index in [2.05, 4.69) is 0 Å². The van der Waals surface area contributed by atoms with E-state index in [1.165, 1.54) is 0 Å². The van der Waals surface area contributed by atoms with Gasteiger partial charge in [-0.3, -0.25) is 0 Å². The largest absolute Gasteiger partial charge is 0.339 e. The number of para-hydroxylation sites is 2. The quantitative estimate of drug-likeness (QED) is 0.776. The van der Waals surface area contributed by atoms with Crippen LogP contribution in [0.3, 0.4) is 0 Å². The fraction of sp³-hybridized carbons (Fsp3) is 0.176. The van der Waals surface area contributed by atoms with Gasteiger partial charge in [0.2, 0.25) is 0 Å². The topological polar surface area (TPSA) is 6.48 Å². The molecule has 0 spiro atoms. The molecule has 0 aromatic heterocycles. The maximum atomic E-state index is 5.52. The Morgan fingerprint density at radius 2 is 1.05 bits per heavy atom. The van der Waals surface area contributed by atoms with Crippen LogP contribution >= 0.6 is 24.4 Å². The predicted octanol–water partition coefficient (Wildman–Crippen LogP) is 4.30. The number of hydrogen-bond acceptors (Lipinski definition) is 2. The van der Waals surface area contributed by atoms with Crippen molar-refractivity contribution in [1.82, 2.24) is 0 Å². The molecule has 21 heavy (non-hydrogen) atoms. The van der Waals surface area contributed by atoms with Crippen molar-refractivity contribution < 1.29 is 0 Å². The molecular weight excluding hydrogens is 296 g/mol. The first-order valence-corrected chi connectivity index (χ1v) is 7.54. The van der Waals surface area contributed by atoms with Gasteiger partial charge >= 0.3 is 0 Å². The lowest BCUT2D eigenvalue weighted by molar-refractivity contribution is 1.22. The Kier molecular flexibility index (Phi) is 5.42. The molecule has 0 saturated heterocycles. The smallest absolute Gasteiger partial charge is 0.0889 e. The number of thiocarbonyl (C=S) groups is 2. The van der Waals surface area contributed by atoms with Crippen LogP contribution in [0.25, 0.3) is 0 Å². The normalized spacial score (nSPS) is 10.0. The van der Waals surface area contributed by atoms with Crippen LogP contribution in [0.1, 0.15) is 6.42 Å². The molecule has 2 aromatic carbocycles. The van der Waals surface area contributed by atoms with E-state index in [4.69, 9.17) is 24.4 Å². The molecule has 4 heteroatoms. The Balaban J connectivity index is 2.01. The molecule has 108 valence electrons. The van der Waals surface area contributed by atoms with Gasteiger partial charge in [-0.15, -0.1) is 0 Å². The summed E-state index contributed by atoms with van der Waals surface area (Å²) in [5.74, 6) is 0. The highest BCUT2D eigenvalue weighted by atomic mass is 32.1. The summed E-state index contributed by atoms with van der Waals surface area (Å²) in [4.78, 5) is 5.63. The van der Waals surface area contributed by atoms with E-state index in [1.54, 1.807) is 0 Å². The number of hydrogen-bond donors (Lipinski definition) is 0. The van der Waals surface area contributed by atoms with Crippen LogP contribution in [0, 0.1) is 0 Å². The average Bonchev–Trinajstić information content (AvgIpc) is 2.55. The standard InChI is InChI=1S/C17H18N2S2/c1-18(14-9-5-3-6-10-14)16(20)13-17(21)19(2)15-11-7-4-8-12-15/h3-12H,13H2,1-2H3. The van der Waals surface area contributed by atoms with Gasteiger partial charge in [0.05, 0.1) is 9.98 Å². The number of anilines is 2. The van der Waals surface area contributed by atoms with Gasteiger partial charge in [0.15, 0.2) is 0 Å². The highest BCUT2D eigenvalue weighted by Gasteiger charge is 2.13. The number of benzene rings is 2. The lowest BCUT2D eigenvalue weighted by atomic mass is 10.2. The fourth-order valence-electron chi connectivity index (χ4n) is 1.96. The highest BCUT2D eigenvalue weighted by molar-refractivity contribution is 7.82. The van der Waals surface area contributed by atoms with Crippen LogP contribution in [0.5, 0.6) is 0 Å². The molecular formula is C17H18N2S2. The molecule has 0 unspecified atom stereocenters. The molecule has 0 aliphatic rings. The van der Waals surface area contributed by atoms with E-state index in [9.17, 15) is 0 Å². The van der Waals surface area contributed by atoms with Gasteiger partial charge in [-0.25, -0.2) is 0 Å². The molecule has 0 N–H and O–H groups in total. The van der Waals surface area contributed by atoms with E-state index in [-0.39, 0.29) is 0 Å². The second-order valence-electron chi connectivity index (χ2n) is 4.75. The van der Waals surface area contributed by atoms with Gasteiger partial charge in [-0.1, -0.05) is 60.8 Å². The van der Waals surface area contributed by atoms with Gasteiger partial charge in [0.25, 0.3) is 0 Å². The van der Waals surface area contributed by atoms with Crippen molar-refractivity contribution in [3.8, 4) is 0 Å². The minimum atomic E-state index is 0.585. The summed E-state index contributed by atoms with van der Waals surface area (Å²) < 4.78 is 0. The second kappa shape index (κ2) is 7.29. The molecule has 0 bridgehead atoms. The van der Waals surface area contributed by atoms with Crippen molar-refractivity contribution >= 4 is 45.8 Å². The third kappa shape index (κ3) is 4.09. The summed E-state index contributed by atoms with van der Waals surface area (Å²) in [6, 6.07) is 20.2. The molecule has 2 nitrogen and oxygen atoms in total. The van der Waals surface area contributed by atoms with E-state index in [0.29, 0.717) is 6.42 Å². The monoisotopic (exact) mass is 314 g/mol. The van der Waals surface area contributed by atoms with Crippen LogP contribution in [0.2, 0.25) is 0 Å². The highest BCUT2D eigenvalue weighted by Crippen LogP contribution is 2.16. The van der Waals surface area contributed by atoms with Gasteiger partial charge in [-0.05, 0) is 24.3 Å². The van der Waals surface area contributed by atoms with Gasteiger partial charge in [0, 0.05) is 31.9 Å². The Bertz CT molecular complexity index is 556. The van der Waals surface area contributed by atoms with E-state index < -0.39 is 0 Å². The second-order valence-corrected chi connectivity index (χ2v) is 5.70. The van der Waals surface area contributed by atoms with Crippen LogP contribution < -0.4 is 9.80 Å². The Morgan fingerprint density at radius 1 is 0.714 bits per heavy atom. The molecule has 0 aliphatic carbocycles. The summed E-state index contributed by atoms with van der Waals surface area (Å²) in [6.45, 7) is 0. The first-order valence-electron chi connectivity index (χ1n) is 6.73. The van der Waals surface area contributed by atoms with Crippen LogP contribution in [-0.2, 0) is 0 Å². The van der Waals surface area contributed by atoms with E-state index in [0.717, 1.165) is 21.4 Å². The maximum Gasteiger partial charge on any atom is 0.0889 e. The molecule has 0 atom stereocenters. The summed E-state index contributed by atoms with van der Waals surface area (Å²) >= 11 is 11.0. The zero-order valence-corrected chi connectivity index (χ0v) is 13.8. The minimum absolute atomic E-state index is 0.585. The molecule has 2 aromatic rings. The summed E-state index contributed by atoms with van der Waals surface area (Å²) in [6.07, 6.45) is 0.585. The zero-order valence-electron chi connectivity index (χ0n) is 12.2. The molecule has 2 rings (SSSR count). The van der Waals surface area contributed by atoms with Gasteiger partial charge in [0.1, 0.15) is 0 Å². The SMILES string of the molecule is CN(C(=S)CC(=S)N(C)c1ccccc1)c1ccccc1. The Hall–Kier alpha value is -1.78. The Morgan fingerprint density at radius 3 is 1.38 bits per heavy atom. The molecule has 0 saturated carbocycles. The van der Waals surface area contributed by atoms with E-state index >= 15 is 0 Å². The number of rotatable bonds is 4. The van der Waals surface area contributed by atoms with Crippen molar-refractivity contribution in [3.63, 3.8) is 0 Å². The predicted molar refractivity (Wildman–Crippen MR) is 99.5 cm³/mol. The van der Waals surface area contributed by atoms with Gasteiger partial charge < -0.3 is 9.80 Å². The van der Waals surface area contributed by atoms with Crippen LogP contribution in [-0.4, -0.2) is 24.1 Å². The van der Waals surface area contributed by atoms with Crippen molar-refractivity contribution in [2.24, 2.45) is 0 Å². The number of nitrogens with zero attached hydrogens (tertiary/aromatic N) is 2. The van der Waals surface area contributed by atoms with Crippen molar-refractivity contribution in [2.75, 3.05) is 23.9 Å². The maximum absolute atomic E-state index is 5.52. The first kappa shape index (κ1) is 15.6. The van der Waals surface area contributed by atoms with Gasteiger partial charge in [-0.2, -0.15) is 0 Å². The van der Waals surface area contributed by atoms with Crippen molar-refractivity contribution in [2.45, 2.75) is 6.42 Å². The van der Waals surface area contributed by atoms with Crippen LogP contribution in [0.15, 0.2) is 60.7 Å². The molecule has 0 amide bonds. The van der Waals surface area contributed by atoms with Crippen molar-refractivity contribution in [1.29, 1.82) is 0 Å². The average molecular weight is 314 g/mol. The lowest BCUT2D eigenvalue weighted by Gasteiger charge is -2.24. The minimum Gasteiger partial charge on any atom is -0.339 e. The third-order valence-electron chi connectivity index (χ3n) is 3.34. The fourth-order valence-corrected chi connectivity index (χ4v) is 2.53. The van der Waals surface area contributed by atoms with E-state index in [1.807, 2.05) is 84.6 Å². The lowest BCUT2D eigenvalue weighted by Crippen LogP contribution is -2.32. The first-order chi connectivity index (χ1) is 10.1. The Labute approximate surface area is 137 Å². The summed E-state index contributed by atoms with van der Waals surface area (Å²) in [5.41, 5.74) is 2.15. The molecule has 0 aliphatic heterocycles.